The van der Waals surface area contributed by atoms with Crippen LogP contribution in [-0.2, 0) is 6.54 Å². The lowest BCUT2D eigenvalue weighted by molar-refractivity contribution is 0.0950. The second-order valence-electron chi connectivity index (χ2n) is 9.16. The van der Waals surface area contributed by atoms with Crippen LogP contribution in [-0.4, -0.2) is 64.7 Å². The molecule has 4 N–H and O–H groups in total. The van der Waals surface area contributed by atoms with Gasteiger partial charge in [-0.25, -0.2) is 4.98 Å². The van der Waals surface area contributed by atoms with Gasteiger partial charge in [-0.3, -0.25) is 14.5 Å². The highest BCUT2D eigenvalue weighted by Crippen LogP contribution is 2.27. The molecule has 0 atom stereocenters. The van der Waals surface area contributed by atoms with Crippen molar-refractivity contribution in [3.8, 4) is 0 Å². The fourth-order valence-electron chi connectivity index (χ4n) is 4.17. The summed E-state index contributed by atoms with van der Waals surface area (Å²) in [7, 11) is 0. The van der Waals surface area contributed by atoms with Gasteiger partial charge in [-0.15, -0.1) is 0 Å². The first-order valence-electron chi connectivity index (χ1n) is 11.9. The van der Waals surface area contributed by atoms with Crippen LogP contribution >= 0.6 is 11.8 Å². The van der Waals surface area contributed by atoms with E-state index in [9.17, 15) is 9.59 Å². The topological polar surface area (TPSA) is 114 Å². The fraction of sp³-hybridized carbons (Fsp3) is 0.462. The Bertz CT molecular complexity index is 1170. The molecule has 1 aliphatic rings. The number of nitrogens with zero attached hydrogens (tertiary/aromatic N) is 2. The van der Waals surface area contributed by atoms with Crippen molar-refractivity contribution in [2.75, 3.05) is 37.0 Å². The Morgan fingerprint density at radius 3 is 2.71 bits per heavy atom. The minimum atomic E-state index is -0.337. The number of hydrogen-bond acceptors (Lipinski definition) is 7. The third kappa shape index (κ3) is 6.82. The van der Waals surface area contributed by atoms with Gasteiger partial charge in [-0.2, -0.15) is 11.8 Å². The van der Waals surface area contributed by atoms with Crippen LogP contribution in [0.3, 0.4) is 0 Å². The van der Waals surface area contributed by atoms with Gasteiger partial charge in [0, 0.05) is 61.0 Å². The number of aryl methyl sites for hydroxylation is 2. The molecule has 3 rings (SSSR count). The zero-order chi connectivity index (χ0) is 25.5. The molecule has 0 saturated heterocycles. The maximum absolute atomic E-state index is 13.3. The summed E-state index contributed by atoms with van der Waals surface area (Å²) in [5, 5.41) is 14.2. The number of amides is 1. The summed E-state index contributed by atoms with van der Waals surface area (Å²) >= 11 is 1.84. The lowest BCUT2D eigenvalue weighted by Gasteiger charge is -2.26. The van der Waals surface area contributed by atoms with Crippen LogP contribution in [0.1, 0.15) is 58.7 Å². The van der Waals surface area contributed by atoms with Crippen LogP contribution < -0.4 is 16.2 Å². The lowest BCUT2D eigenvalue weighted by atomic mass is 9.99. The van der Waals surface area contributed by atoms with E-state index in [1.165, 1.54) is 6.21 Å². The van der Waals surface area contributed by atoms with E-state index in [1.807, 2.05) is 45.5 Å². The van der Waals surface area contributed by atoms with E-state index in [2.05, 4.69) is 32.8 Å². The lowest BCUT2D eigenvalue weighted by Crippen LogP contribution is -2.31. The Morgan fingerprint density at radius 1 is 1.34 bits per heavy atom. The largest absolute Gasteiger partial charge is 0.367 e. The number of hydrogen-bond donors (Lipinski definition) is 4. The quantitative estimate of drug-likeness (QED) is 0.374. The Morgan fingerprint density at radius 2 is 2.11 bits per heavy atom. The van der Waals surface area contributed by atoms with E-state index in [4.69, 9.17) is 10.4 Å². The molecule has 2 aromatic heterocycles. The second-order valence-corrected chi connectivity index (χ2v) is 10.1. The monoisotopic (exact) mass is 496 g/mol. The summed E-state index contributed by atoms with van der Waals surface area (Å²) in [5.74, 6) is 1.29. The minimum absolute atomic E-state index is 0.0866. The predicted octanol–water partition coefficient (Wildman–Crippen LogP) is 3.59. The van der Waals surface area contributed by atoms with E-state index >= 15 is 0 Å². The zero-order valence-corrected chi connectivity index (χ0v) is 22.1. The number of aromatic nitrogens is 2. The Hall–Kier alpha value is -2.91. The minimum Gasteiger partial charge on any atom is -0.367 e. The van der Waals surface area contributed by atoms with Crippen molar-refractivity contribution < 1.29 is 4.79 Å². The van der Waals surface area contributed by atoms with Gasteiger partial charge >= 0.3 is 0 Å². The maximum Gasteiger partial charge on any atom is 0.253 e. The van der Waals surface area contributed by atoms with E-state index < -0.39 is 0 Å². The van der Waals surface area contributed by atoms with Crippen molar-refractivity contribution in [1.82, 2.24) is 20.2 Å². The first-order chi connectivity index (χ1) is 16.7. The molecular formula is C26H36N6O2S. The highest BCUT2D eigenvalue weighted by molar-refractivity contribution is 7.98. The molecule has 0 saturated carbocycles. The standard InChI is InChI=1S/C26H36N6O2S/c1-16(2)29-24-21(14-27)20(25(33)28-15-22-17(3)12-18(4)30-26(22)34)13-23(31-24)19-6-8-32(9-7-19)10-11-35-5/h6,12-14,16,27H,7-11,15H2,1-5H3,(H,28,33)(H,29,31)(H,30,34). The number of thioether (sulfide) groups is 1. The average molecular weight is 497 g/mol. The third-order valence-corrected chi connectivity index (χ3v) is 6.62. The van der Waals surface area contributed by atoms with E-state index in [0.29, 0.717) is 22.5 Å². The highest BCUT2D eigenvalue weighted by Gasteiger charge is 2.21. The molecule has 0 aliphatic carbocycles. The van der Waals surface area contributed by atoms with Gasteiger partial charge in [0.25, 0.3) is 11.5 Å². The van der Waals surface area contributed by atoms with Gasteiger partial charge in [-0.05, 0) is 63.6 Å². The number of rotatable bonds is 10. The van der Waals surface area contributed by atoms with Crippen LogP contribution in [0.25, 0.3) is 5.57 Å². The molecule has 0 radical (unpaired) electrons. The van der Waals surface area contributed by atoms with Crippen LogP contribution in [0, 0.1) is 19.3 Å². The maximum atomic E-state index is 13.3. The number of carbonyl (C=O) groups is 1. The molecule has 0 unspecified atom stereocenters. The molecule has 2 aromatic rings. The summed E-state index contributed by atoms with van der Waals surface area (Å²) in [5.41, 5.74) is 4.60. The van der Waals surface area contributed by atoms with Crippen LogP contribution in [0.5, 0.6) is 0 Å². The predicted molar refractivity (Wildman–Crippen MR) is 146 cm³/mol. The SMILES string of the molecule is CSCCN1CC=C(c2cc(C(=O)NCc3c(C)cc(C)[nH]c3=O)c(C=N)c(NC(C)C)n2)CC1. The number of anilines is 1. The molecule has 0 spiro atoms. The summed E-state index contributed by atoms with van der Waals surface area (Å²) in [6.45, 7) is 10.6. The molecule has 3 heterocycles. The van der Waals surface area contributed by atoms with E-state index in [-0.39, 0.29) is 24.1 Å². The molecule has 35 heavy (non-hydrogen) atoms. The molecule has 1 aliphatic heterocycles. The van der Waals surface area contributed by atoms with Crippen LogP contribution in [0.2, 0.25) is 0 Å². The first-order valence-corrected chi connectivity index (χ1v) is 13.3. The molecule has 1 amide bonds. The van der Waals surface area contributed by atoms with Gasteiger partial charge in [0.1, 0.15) is 5.82 Å². The van der Waals surface area contributed by atoms with Gasteiger partial charge in [-0.1, -0.05) is 6.08 Å². The summed E-state index contributed by atoms with van der Waals surface area (Å²) in [4.78, 5) is 35.7. The summed E-state index contributed by atoms with van der Waals surface area (Å²) in [6, 6.07) is 3.75. The van der Waals surface area contributed by atoms with Crippen molar-refractivity contribution in [3.63, 3.8) is 0 Å². The fourth-order valence-corrected chi connectivity index (χ4v) is 4.61. The smallest absolute Gasteiger partial charge is 0.253 e. The van der Waals surface area contributed by atoms with Gasteiger partial charge in [0.15, 0.2) is 0 Å². The zero-order valence-electron chi connectivity index (χ0n) is 21.2. The normalized spacial score (nSPS) is 14.1. The molecule has 0 bridgehead atoms. The molecule has 0 fully saturated rings. The summed E-state index contributed by atoms with van der Waals surface area (Å²) in [6.07, 6.45) is 6.32. The third-order valence-electron chi connectivity index (χ3n) is 6.03. The number of carbonyl (C=O) groups excluding carboxylic acids is 1. The second kappa shape index (κ2) is 12.2. The molecule has 8 nitrogen and oxygen atoms in total. The van der Waals surface area contributed by atoms with Crippen molar-refractivity contribution >= 4 is 35.3 Å². The molecule has 188 valence electrons. The van der Waals surface area contributed by atoms with Crippen molar-refractivity contribution in [1.29, 1.82) is 5.41 Å². The summed E-state index contributed by atoms with van der Waals surface area (Å²) < 4.78 is 0. The Balaban J connectivity index is 1.92. The number of pyridine rings is 2. The number of H-pyrrole nitrogens is 1. The van der Waals surface area contributed by atoms with Gasteiger partial charge < -0.3 is 21.0 Å². The van der Waals surface area contributed by atoms with E-state index in [0.717, 1.165) is 54.3 Å². The molecule has 9 heteroatoms. The number of aromatic amines is 1. The van der Waals surface area contributed by atoms with Gasteiger partial charge in [0.05, 0.1) is 11.3 Å². The molecular weight excluding hydrogens is 460 g/mol. The van der Waals surface area contributed by atoms with Crippen molar-refractivity contribution in [3.05, 3.63) is 62.2 Å². The Labute approximate surface area is 211 Å². The van der Waals surface area contributed by atoms with Gasteiger partial charge in [0.2, 0.25) is 0 Å². The van der Waals surface area contributed by atoms with Crippen molar-refractivity contribution in [2.24, 2.45) is 0 Å². The number of nitrogens with one attached hydrogen (secondary N) is 4. The molecule has 0 aromatic carbocycles. The Kier molecular flexibility index (Phi) is 9.28. The van der Waals surface area contributed by atoms with Crippen molar-refractivity contribution in [2.45, 2.75) is 46.7 Å². The first kappa shape index (κ1) is 26.7. The van der Waals surface area contributed by atoms with Crippen LogP contribution in [0.4, 0.5) is 5.82 Å². The average Bonchev–Trinajstić information content (AvgIpc) is 2.81. The highest BCUT2D eigenvalue weighted by atomic mass is 32.2. The van der Waals surface area contributed by atoms with Crippen LogP contribution in [0.15, 0.2) is 23.0 Å². The van der Waals surface area contributed by atoms with E-state index in [1.54, 1.807) is 6.07 Å².